The van der Waals surface area contributed by atoms with Gasteiger partial charge in [0.05, 0.1) is 17.4 Å². The van der Waals surface area contributed by atoms with Crippen molar-refractivity contribution in [1.29, 1.82) is 0 Å². The van der Waals surface area contributed by atoms with Crippen molar-refractivity contribution in [2.24, 2.45) is 0 Å². The predicted molar refractivity (Wildman–Crippen MR) is 85.8 cm³/mol. The highest BCUT2D eigenvalue weighted by Crippen LogP contribution is 2.31. The van der Waals surface area contributed by atoms with E-state index in [9.17, 15) is 4.21 Å². The monoisotopic (exact) mass is 344 g/mol. The van der Waals surface area contributed by atoms with E-state index in [1.54, 1.807) is 28.4 Å². The van der Waals surface area contributed by atoms with Gasteiger partial charge in [0.15, 0.2) is 5.44 Å². The van der Waals surface area contributed by atoms with Crippen LogP contribution in [0.3, 0.4) is 0 Å². The first kappa shape index (κ1) is 18.5. The average Bonchev–Trinajstić information content (AvgIpc) is 2.60. The molecule has 0 radical (unpaired) electrons. The maximum atomic E-state index is 12.9. The minimum atomic E-state index is -1.40. The largest absolute Gasteiger partial charge is 0.382 e. The van der Waals surface area contributed by atoms with Crippen molar-refractivity contribution in [3.05, 3.63) is 30.3 Å². The number of ether oxygens (including phenoxy) is 5. The van der Waals surface area contributed by atoms with E-state index in [-0.39, 0.29) is 12.2 Å². The van der Waals surface area contributed by atoms with Gasteiger partial charge in [-0.1, -0.05) is 18.2 Å². The predicted octanol–water partition coefficient (Wildman–Crippen LogP) is 1.21. The van der Waals surface area contributed by atoms with Crippen LogP contribution in [0.25, 0.3) is 0 Å². The zero-order valence-electron chi connectivity index (χ0n) is 13.8. The SMILES string of the molecule is COC[C@H]1O[C@@H](S(=O)c2ccccc2)[C@@H](OC)[C@@H](OC)[C@@H]1OC. The number of rotatable bonds is 7. The molecule has 1 aromatic carbocycles. The van der Waals surface area contributed by atoms with Crippen molar-refractivity contribution in [3.63, 3.8) is 0 Å². The summed E-state index contributed by atoms with van der Waals surface area (Å²) < 4.78 is 40.8. The molecule has 1 aromatic rings. The van der Waals surface area contributed by atoms with Gasteiger partial charge in [-0.05, 0) is 12.1 Å². The third-order valence-corrected chi connectivity index (χ3v) is 5.46. The minimum absolute atomic E-state index is 0.317. The summed E-state index contributed by atoms with van der Waals surface area (Å²) in [5.41, 5.74) is -0.668. The van der Waals surface area contributed by atoms with E-state index in [0.717, 1.165) is 0 Å². The second-order valence-electron chi connectivity index (χ2n) is 5.21. The lowest BCUT2D eigenvalue weighted by Crippen LogP contribution is -2.61. The molecular weight excluding hydrogens is 320 g/mol. The van der Waals surface area contributed by atoms with E-state index >= 15 is 0 Å². The molecule has 0 aromatic heterocycles. The zero-order chi connectivity index (χ0) is 16.8. The van der Waals surface area contributed by atoms with Crippen LogP contribution in [-0.2, 0) is 34.5 Å². The Balaban J connectivity index is 2.31. The first-order valence-corrected chi connectivity index (χ1v) is 8.57. The number of hydrogen-bond acceptors (Lipinski definition) is 6. The Morgan fingerprint density at radius 3 is 2.09 bits per heavy atom. The molecule has 1 saturated heterocycles. The van der Waals surface area contributed by atoms with Crippen molar-refractivity contribution in [1.82, 2.24) is 0 Å². The van der Waals surface area contributed by atoms with Gasteiger partial charge in [0.1, 0.15) is 24.4 Å². The molecule has 2 rings (SSSR count). The standard InChI is InChI=1S/C16H24O6S/c1-18-10-12-13(19-2)14(20-3)15(21-4)16(22-12)23(17)11-8-6-5-7-9-11/h5-9,12-16H,10H2,1-4H3/t12-,13-,14+,15+,16+,23?/m1/s1. The van der Waals surface area contributed by atoms with Crippen molar-refractivity contribution in [3.8, 4) is 0 Å². The van der Waals surface area contributed by atoms with Crippen LogP contribution in [0.15, 0.2) is 35.2 Å². The van der Waals surface area contributed by atoms with Crippen molar-refractivity contribution in [2.45, 2.75) is 34.7 Å². The maximum Gasteiger partial charge on any atom is 0.166 e. The molecular formula is C16H24O6S. The lowest BCUT2D eigenvalue weighted by Gasteiger charge is -2.44. The second kappa shape index (κ2) is 8.86. The molecule has 1 unspecified atom stereocenters. The van der Waals surface area contributed by atoms with Crippen LogP contribution in [0, 0.1) is 0 Å². The maximum absolute atomic E-state index is 12.9. The Hall–Kier alpha value is -0.830. The summed E-state index contributed by atoms with van der Waals surface area (Å²) in [6, 6.07) is 9.18. The molecule has 0 aliphatic carbocycles. The van der Waals surface area contributed by atoms with Crippen LogP contribution >= 0.6 is 0 Å². The van der Waals surface area contributed by atoms with Gasteiger partial charge in [0.25, 0.3) is 0 Å². The minimum Gasteiger partial charge on any atom is -0.382 e. The van der Waals surface area contributed by atoms with E-state index in [2.05, 4.69) is 0 Å². The average molecular weight is 344 g/mol. The van der Waals surface area contributed by atoms with Crippen LogP contribution < -0.4 is 0 Å². The molecule has 23 heavy (non-hydrogen) atoms. The molecule has 0 bridgehead atoms. The van der Waals surface area contributed by atoms with E-state index in [1.807, 2.05) is 30.3 Å². The second-order valence-corrected chi connectivity index (χ2v) is 6.74. The summed E-state index contributed by atoms with van der Waals surface area (Å²) in [5, 5.41) is 0. The first-order chi connectivity index (χ1) is 11.2. The molecule has 1 aliphatic rings. The molecule has 0 N–H and O–H groups in total. The summed E-state index contributed by atoms with van der Waals surface area (Å²) in [4.78, 5) is 0.682. The first-order valence-electron chi connectivity index (χ1n) is 7.36. The lowest BCUT2D eigenvalue weighted by molar-refractivity contribution is -0.229. The van der Waals surface area contributed by atoms with Crippen LogP contribution in [-0.4, -0.2) is 69.1 Å². The third kappa shape index (κ3) is 3.99. The highest BCUT2D eigenvalue weighted by Gasteiger charge is 2.49. The van der Waals surface area contributed by atoms with Crippen molar-refractivity contribution >= 4 is 10.8 Å². The topological polar surface area (TPSA) is 63.2 Å². The van der Waals surface area contributed by atoms with Gasteiger partial charge in [-0.3, -0.25) is 4.21 Å². The van der Waals surface area contributed by atoms with Gasteiger partial charge in [-0.15, -0.1) is 0 Å². The van der Waals surface area contributed by atoms with Crippen LogP contribution in [0.1, 0.15) is 0 Å². The normalized spacial score (nSPS) is 32.6. The Morgan fingerprint density at radius 1 is 0.957 bits per heavy atom. The Kier molecular flexibility index (Phi) is 7.13. The quantitative estimate of drug-likeness (QED) is 0.741. The molecule has 6 atom stereocenters. The molecule has 0 amide bonds. The van der Waals surface area contributed by atoms with Crippen LogP contribution in [0.4, 0.5) is 0 Å². The van der Waals surface area contributed by atoms with E-state index < -0.39 is 28.4 Å². The zero-order valence-corrected chi connectivity index (χ0v) is 14.7. The molecule has 1 fully saturated rings. The Labute approximate surface area is 139 Å². The van der Waals surface area contributed by atoms with Gasteiger partial charge in [-0.25, -0.2) is 0 Å². The fourth-order valence-electron chi connectivity index (χ4n) is 2.84. The highest BCUT2D eigenvalue weighted by atomic mass is 32.2. The van der Waals surface area contributed by atoms with E-state index in [1.165, 1.54) is 0 Å². The smallest absolute Gasteiger partial charge is 0.166 e. The van der Waals surface area contributed by atoms with Gasteiger partial charge < -0.3 is 23.7 Å². The Bertz CT molecular complexity index is 497. The lowest BCUT2D eigenvalue weighted by atomic mass is 9.99. The molecule has 0 saturated carbocycles. The summed E-state index contributed by atoms with van der Waals surface area (Å²) in [7, 11) is 4.91. The molecule has 1 aliphatic heterocycles. The number of benzene rings is 1. The number of methoxy groups -OCH3 is 4. The number of hydrogen-bond donors (Lipinski definition) is 0. The van der Waals surface area contributed by atoms with Gasteiger partial charge >= 0.3 is 0 Å². The van der Waals surface area contributed by atoms with Gasteiger partial charge in [0, 0.05) is 33.3 Å². The van der Waals surface area contributed by atoms with Crippen LogP contribution in [0.5, 0.6) is 0 Å². The van der Waals surface area contributed by atoms with Crippen LogP contribution in [0.2, 0.25) is 0 Å². The summed E-state index contributed by atoms with van der Waals surface area (Å²) in [6.45, 7) is 0.317. The van der Waals surface area contributed by atoms with Gasteiger partial charge in [-0.2, -0.15) is 0 Å². The van der Waals surface area contributed by atoms with Crippen molar-refractivity contribution < 1.29 is 27.9 Å². The summed E-state index contributed by atoms with van der Waals surface area (Å²) >= 11 is 0. The van der Waals surface area contributed by atoms with Crippen molar-refractivity contribution in [2.75, 3.05) is 35.0 Å². The third-order valence-electron chi connectivity index (χ3n) is 3.93. The highest BCUT2D eigenvalue weighted by molar-refractivity contribution is 7.85. The fraction of sp³-hybridized carbons (Fsp3) is 0.625. The summed E-state index contributed by atoms with van der Waals surface area (Å²) in [6.07, 6.45) is -1.68. The van der Waals surface area contributed by atoms with Gasteiger partial charge in [0.2, 0.25) is 0 Å². The Morgan fingerprint density at radius 2 is 1.57 bits per heavy atom. The van der Waals surface area contributed by atoms with E-state index in [4.69, 9.17) is 23.7 Å². The molecule has 0 spiro atoms. The molecule has 7 heteroatoms. The summed E-state index contributed by atoms with van der Waals surface area (Å²) in [5.74, 6) is 0. The molecule has 6 nitrogen and oxygen atoms in total. The van der Waals surface area contributed by atoms with E-state index in [0.29, 0.717) is 11.5 Å². The molecule has 130 valence electrons. The fourth-order valence-corrected chi connectivity index (χ4v) is 4.29. The molecule has 1 heterocycles.